The Bertz CT molecular complexity index is 683. The predicted octanol–water partition coefficient (Wildman–Crippen LogP) is 5.75. The Kier molecular flexibility index (Phi) is 5.49. The van der Waals surface area contributed by atoms with Crippen molar-refractivity contribution in [2.75, 3.05) is 0 Å². The summed E-state index contributed by atoms with van der Waals surface area (Å²) in [7, 11) is 0. The predicted molar refractivity (Wildman–Crippen MR) is 97.8 cm³/mol. The van der Waals surface area contributed by atoms with Crippen molar-refractivity contribution in [3.63, 3.8) is 0 Å². The maximum atomic E-state index is 10.5. The standard InChI is InChI=1S/C21H26O2/c1-5-6-12-18(13-17-10-8-7-9-11-17)19-15(3)14(2)16(4)20(22)21(19)23/h7-11,13,22-23H,5-6,12H2,1-4H3. The molecule has 2 nitrogen and oxygen atoms in total. The fraction of sp³-hybridized carbons (Fsp3) is 0.333. The second-order valence-electron chi connectivity index (χ2n) is 6.13. The van der Waals surface area contributed by atoms with Gasteiger partial charge in [0.1, 0.15) is 0 Å². The van der Waals surface area contributed by atoms with E-state index in [9.17, 15) is 10.2 Å². The zero-order valence-corrected chi connectivity index (χ0v) is 14.5. The average Bonchev–Trinajstić information content (AvgIpc) is 2.57. The molecule has 0 unspecified atom stereocenters. The van der Waals surface area contributed by atoms with E-state index in [-0.39, 0.29) is 11.5 Å². The molecule has 0 aliphatic rings. The van der Waals surface area contributed by atoms with Crippen LogP contribution in [-0.4, -0.2) is 10.2 Å². The van der Waals surface area contributed by atoms with E-state index in [0.29, 0.717) is 0 Å². The number of unbranched alkanes of at least 4 members (excludes halogenated alkanes) is 1. The van der Waals surface area contributed by atoms with E-state index in [1.54, 1.807) is 0 Å². The van der Waals surface area contributed by atoms with Crippen LogP contribution in [0.1, 0.15) is 54.0 Å². The first-order chi connectivity index (χ1) is 11.0. The number of phenols is 2. The molecule has 2 N–H and O–H groups in total. The van der Waals surface area contributed by atoms with E-state index in [1.807, 2.05) is 39.0 Å². The first kappa shape index (κ1) is 17.1. The third-order valence-corrected chi connectivity index (χ3v) is 4.58. The Labute approximate surface area is 139 Å². The fourth-order valence-corrected chi connectivity index (χ4v) is 2.90. The lowest BCUT2D eigenvalue weighted by Crippen LogP contribution is -1.97. The van der Waals surface area contributed by atoms with Gasteiger partial charge in [0, 0.05) is 5.56 Å². The van der Waals surface area contributed by atoms with Gasteiger partial charge in [0.05, 0.1) is 0 Å². The van der Waals surface area contributed by atoms with Gasteiger partial charge in [-0.05, 0) is 61.4 Å². The van der Waals surface area contributed by atoms with Gasteiger partial charge in [0.15, 0.2) is 11.5 Å². The highest BCUT2D eigenvalue weighted by Crippen LogP contribution is 2.42. The lowest BCUT2D eigenvalue weighted by Gasteiger charge is -2.18. The summed E-state index contributed by atoms with van der Waals surface area (Å²) in [4.78, 5) is 0. The summed E-state index contributed by atoms with van der Waals surface area (Å²) in [5.41, 5.74) is 5.78. The van der Waals surface area contributed by atoms with E-state index in [2.05, 4.69) is 25.1 Å². The van der Waals surface area contributed by atoms with Gasteiger partial charge in [-0.2, -0.15) is 0 Å². The Morgan fingerprint density at radius 1 is 0.913 bits per heavy atom. The highest BCUT2D eigenvalue weighted by Gasteiger charge is 2.19. The number of allylic oxidation sites excluding steroid dienone is 1. The molecule has 0 spiro atoms. The van der Waals surface area contributed by atoms with E-state index in [4.69, 9.17) is 0 Å². The van der Waals surface area contributed by atoms with Crippen LogP contribution in [0, 0.1) is 20.8 Å². The second-order valence-corrected chi connectivity index (χ2v) is 6.13. The molecule has 0 fully saturated rings. The van der Waals surface area contributed by atoms with Gasteiger partial charge in [-0.15, -0.1) is 0 Å². The van der Waals surface area contributed by atoms with Crippen molar-refractivity contribution in [3.8, 4) is 11.5 Å². The van der Waals surface area contributed by atoms with Crippen LogP contribution in [0.15, 0.2) is 30.3 Å². The smallest absolute Gasteiger partial charge is 0.165 e. The first-order valence-electron chi connectivity index (χ1n) is 8.25. The normalized spacial score (nSPS) is 11.7. The topological polar surface area (TPSA) is 40.5 Å². The monoisotopic (exact) mass is 310 g/mol. The Hall–Kier alpha value is -2.22. The Morgan fingerprint density at radius 2 is 1.57 bits per heavy atom. The van der Waals surface area contributed by atoms with Crippen molar-refractivity contribution in [1.82, 2.24) is 0 Å². The van der Waals surface area contributed by atoms with Crippen LogP contribution in [0.2, 0.25) is 0 Å². The van der Waals surface area contributed by atoms with Crippen LogP contribution >= 0.6 is 0 Å². The molecule has 0 heterocycles. The molecule has 0 bridgehead atoms. The quantitative estimate of drug-likeness (QED) is 0.545. The van der Waals surface area contributed by atoms with Crippen molar-refractivity contribution in [2.24, 2.45) is 0 Å². The molecule has 0 aromatic heterocycles. The third-order valence-electron chi connectivity index (χ3n) is 4.58. The molecule has 0 aliphatic heterocycles. The minimum Gasteiger partial charge on any atom is -0.504 e. The molecule has 0 saturated heterocycles. The highest BCUT2D eigenvalue weighted by atomic mass is 16.3. The molecular formula is C21H26O2. The second kappa shape index (κ2) is 7.36. The van der Waals surface area contributed by atoms with Crippen molar-refractivity contribution in [3.05, 3.63) is 58.1 Å². The summed E-state index contributed by atoms with van der Waals surface area (Å²) >= 11 is 0. The van der Waals surface area contributed by atoms with Gasteiger partial charge in [0.25, 0.3) is 0 Å². The van der Waals surface area contributed by atoms with Crippen LogP contribution in [0.25, 0.3) is 11.6 Å². The number of hydrogen-bond acceptors (Lipinski definition) is 2. The number of benzene rings is 2. The number of phenolic OH excluding ortho intramolecular Hbond substituents is 2. The largest absolute Gasteiger partial charge is 0.504 e. The molecule has 122 valence electrons. The van der Waals surface area contributed by atoms with Gasteiger partial charge < -0.3 is 10.2 Å². The van der Waals surface area contributed by atoms with Crippen LogP contribution in [0.3, 0.4) is 0 Å². The molecule has 2 aromatic carbocycles. The highest BCUT2D eigenvalue weighted by molar-refractivity contribution is 5.87. The molecule has 0 atom stereocenters. The van der Waals surface area contributed by atoms with Crippen LogP contribution < -0.4 is 0 Å². The first-order valence-corrected chi connectivity index (χ1v) is 8.25. The Balaban J connectivity index is 2.63. The van der Waals surface area contributed by atoms with E-state index < -0.39 is 0 Å². The van der Waals surface area contributed by atoms with Gasteiger partial charge in [0.2, 0.25) is 0 Å². The van der Waals surface area contributed by atoms with Crippen molar-refractivity contribution < 1.29 is 10.2 Å². The fourth-order valence-electron chi connectivity index (χ4n) is 2.90. The zero-order chi connectivity index (χ0) is 17.0. The molecular weight excluding hydrogens is 284 g/mol. The SMILES string of the molecule is CCCCC(=Cc1ccccc1)c1c(C)c(C)c(C)c(O)c1O. The summed E-state index contributed by atoms with van der Waals surface area (Å²) in [6.07, 6.45) is 5.13. The van der Waals surface area contributed by atoms with Crippen LogP contribution in [0.5, 0.6) is 11.5 Å². The van der Waals surface area contributed by atoms with Crippen LogP contribution in [-0.2, 0) is 0 Å². The van der Waals surface area contributed by atoms with Gasteiger partial charge >= 0.3 is 0 Å². The molecule has 0 radical (unpaired) electrons. The third kappa shape index (κ3) is 3.58. The minimum atomic E-state index is -0.00133. The van der Waals surface area contributed by atoms with Gasteiger partial charge in [-0.1, -0.05) is 49.8 Å². The summed E-state index contributed by atoms with van der Waals surface area (Å²) in [6.45, 7) is 8.01. The van der Waals surface area contributed by atoms with Crippen molar-refractivity contribution >= 4 is 11.6 Å². The number of aromatic hydroxyl groups is 2. The maximum absolute atomic E-state index is 10.5. The number of rotatable bonds is 5. The Morgan fingerprint density at radius 3 is 2.17 bits per heavy atom. The van der Waals surface area contributed by atoms with E-state index >= 15 is 0 Å². The average molecular weight is 310 g/mol. The van der Waals surface area contributed by atoms with E-state index in [0.717, 1.165) is 52.7 Å². The van der Waals surface area contributed by atoms with Crippen LogP contribution in [0.4, 0.5) is 0 Å². The minimum absolute atomic E-state index is 0.00133. The zero-order valence-electron chi connectivity index (χ0n) is 14.5. The molecule has 2 aromatic rings. The summed E-state index contributed by atoms with van der Waals surface area (Å²) in [6, 6.07) is 10.1. The van der Waals surface area contributed by atoms with Crippen molar-refractivity contribution in [2.45, 2.75) is 47.0 Å². The molecule has 2 rings (SSSR count). The summed E-state index contributed by atoms with van der Waals surface area (Å²) in [5, 5.41) is 20.8. The molecule has 0 amide bonds. The summed E-state index contributed by atoms with van der Waals surface area (Å²) < 4.78 is 0. The van der Waals surface area contributed by atoms with Gasteiger partial charge in [-0.3, -0.25) is 0 Å². The number of hydrogen-bond donors (Lipinski definition) is 2. The van der Waals surface area contributed by atoms with Gasteiger partial charge in [-0.25, -0.2) is 0 Å². The van der Waals surface area contributed by atoms with E-state index in [1.165, 1.54) is 0 Å². The molecule has 23 heavy (non-hydrogen) atoms. The summed E-state index contributed by atoms with van der Waals surface area (Å²) in [5.74, 6) is 0.00226. The molecule has 0 saturated carbocycles. The maximum Gasteiger partial charge on any atom is 0.165 e. The molecule has 0 aliphatic carbocycles. The lowest BCUT2D eigenvalue weighted by molar-refractivity contribution is 0.399. The molecule has 2 heteroatoms. The van der Waals surface area contributed by atoms with Crippen molar-refractivity contribution in [1.29, 1.82) is 0 Å². The lowest BCUT2D eigenvalue weighted by atomic mass is 9.89.